The highest BCUT2D eigenvalue weighted by Gasteiger charge is 2.28. The number of aliphatic hydroxyl groups excluding tert-OH is 1. The largest absolute Gasteiger partial charge is 0.390 e. The lowest BCUT2D eigenvalue weighted by Crippen LogP contribution is -2.37. The van der Waals surface area contributed by atoms with Gasteiger partial charge < -0.3 is 10.4 Å². The van der Waals surface area contributed by atoms with Gasteiger partial charge in [-0.25, -0.2) is 13.8 Å². The van der Waals surface area contributed by atoms with Crippen LogP contribution in [0.5, 0.6) is 0 Å². The van der Waals surface area contributed by atoms with Crippen LogP contribution in [-0.4, -0.2) is 29.2 Å². The summed E-state index contributed by atoms with van der Waals surface area (Å²) in [6.07, 6.45) is 0. The summed E-state index contributed by atoms with van der Waals surface area (Å²) in [6, 6.07) is -0.177. The molecule has 0 fully saturated rings. The van der Waals surface area contributed by atoms with Crippen molar-refractivity contribution in [3.8, 4) is 0 Å². The SMILES string of the molecule is Cc1nc(C)c(C(C)NCC(F)(F)CO)s1. The van der Waals surface area contributed by atoms with Crippen LogP contribution >= 0.6 is 11.3 Å². The molecule has 0 amide bonds. The van der Waals surface area contributed by atoms with Gasteiger partial charge in [0.1, 0.15) is 6.61 Å². The molecule has 0 bridgehead atoms. The minimum Gasteiger partial charge on any atom is -0.390 e. The first-order valence-electron chi connectivity index (χ1n) is 5.02. The van der Waals surface area contributed by atoms with E-state index < -0.39 is 19.1 Å². The Kier molecular flexibility index (Phi) is 4.35. The molecule has 0 aliphatic carbocycles. The molecule has 0 aliphatic rings. The maximum Gasteiger partial charge on any atom is 0.282 e. The predicted octanol–water partition coefficient (Wildman–Crippen LogP) is 2.04. The number of alkyl halides is 2. The zero-order valence-electron chi connectivity index (χ0n) is 9.55. The van der Waals surface area contributed by atoms with E-state index in [4.69, 9.17) is 5.11 Å². The van der Waals surface area contributed by atoms with Gasteiger partial charge in [0.05, 0.1) is 17.2 Å². The molecule has 1 unspecified atom stereocenters. The fourth-order valence-electron chi connectivity index (χ4n) is 1.40. The van der Waals surface area contributed by atoms with Crippen molar-refractivity contribution >= 4 is 11.3 Å². The number of nitrogens with one attached hydrogen (secondary N) is 1. The number of hydrogen-bond acceptors (Lipinski definition) is 4. The molecule has 0 saturated carbocycles. The number of thiazole rings is 1. The van der Waals surface area contributed by atoms with E-state index >= 15 is 0 Å². The van der Waals surface area contributed by atoms with Gasteiger partial charge in [-0.2, -0.15) is 0 Å². The van der Waals surface area contributed by atoms with E-state index in [0.717, 1.165) is 15.6 Å². The number of aromatic nitrogens is 1. The van der Waals surface area contributed by atoms with Crippen LogP contribution in [0.3, 0.4) is 0 Å². The summed E-state index contributed by atoms with van der Waals surface area (Å²) in [5.74, 6) is -3.07. The number of rotatable bonds is 5. The normalized spacial score (nSPS) is 14.1. The average Bonchev–Trinajstić information content (AvgIpc) is 2.54. The van der Waals surface area contributed by atoms with Crippen LogP contribution in [0.25, 0.3) is 0 Å². The standard InChI is InChI=1S/C10H16F2N2OS/c1-6(13-4-10(11,12)5-15)9-7(2)14-8(3)16-9/h6,13,15H,4-5H2,1-3H3. The predicted molar refractivity (Wildman–Crippen MR) is 60.0 cm³/mol. The first-order valence-corrected chi connectivity index (χ1v) is 5.83. The molecule has 0 aliphatic heterocycles. The van der Waals surface area contributed by atoms with Gasteiger partial charge in [-0.1, -0.05) is 0 Å². The Balaban J connectivity index is 2.59. The molecule has 1 heterocycles. The van der Waals surface area contributed by atoms with E-state index in [0.29, 0.717) is 0 Å². The summed E-state index contributed by atoms with van der Waals surface area (Å²) in [7, 11) is 0. The quantitative estimate of drug-likeness (QED) is 0.840. The molecule has 1 aromatic heterocycles. The first kappa shape index (κ1) is 13.5. The summed E-state index contributed by atoms with van der Waals surface area (Å²) in [6.45, 7) is 3.90. The second-order valence-corrected chi connectivity index (χ2v) is 5.03. The Bertz CT molecular complexity index is 355. The topological polar surface area (TPSA) is 45.2 Å². The number of aryl methyl sites for hydroxylation is 2. The molecule has 1 atom stereocenters. The van der Waals surface area contributed by atoms with Gasteiger partial charge in [-0.15, -0.1) is 11.3 Å². The molecule has 0 saturated heterocycles. The number of hydrogen-bond donors (Lipinski definition) is 2. The van der Waals surface area contributed by atoms with Crippen molar-refractivity contribution in [2.24, 2.45) is 0 Å². The van der Waals surface area contributed by atoms with Crippen molar-refractivity contribution in [1.29, 1.82) is 0 Å². The number of halogens is 2. The van der Waals surface area contributed by atoms with E-state index in [2.05, 4.69) is 10.3 Å². The molecule has 92 valence electrons. The number of aliphatic hydroxyl groups is 1. The number of nitrogens with zero attached hydrogens (tertiary/aromatic N) is 1. The Labute approximate surface area is 97.5 Å². The van der Waals surface area contributed by atoms with E-state index in [1.54, 1.807) is 0 Å². The lowest BCUT2D eigenvalue weighted by Gasteiger charge is -2.18. The Morgan fingerprint density at radius 1 is 1.50 bits per heavy atom. The third-order valence-corrected chi connectivity index (χ3v) is 3.49. The molecule has 6 heteroatoms. The van der Waals surface area contributed by atoms with E-state index in [1.807, 2.05) is 20.8 Å². The van der Waals surface area contributed by atoms with E-state index in [9.17, 15) is 8.78 Å². The van der Waals surface area contributed by atoms with Gasteiger partial charge in [-0.3, -0.25) is 0 Å². The molecular weight excluding hydrogens is 234 g/mol. The minimum absolute atomic E-state index is 0.177. The molecule has 16 heavy (non-hydrogen) atoms. The fourth-order valence-corrected chi connectivity index (χ4v) is 2.35. The highest BCUT2D eigenvalue weighted by Crippen LogP contribution is 2.25. The third-order valence-electron chi connectivity index (χ3n) is 2.23. The van der Waals surface area contributed by atoms with Crippen LogP contribution in [0.2, 0.25) is 0 Å². The van der Waals surface area contributed by atoms with Crippen LogP contribution in [-0.2, 0) is 0 Å². The van der Waals surface area contributed by atoms with Crippen LogP contribution in [0.4, 0.5) is 8.78 Å². The van der Waals surface area contributed by atoms with Crippen molar-refractivity contribution in [3.63, 3.8) is 0 Å². The monoisotopic (exact) mass is 250 g/mol. The van der Waals surface area contributed by atoms with Gasteiger partial charge >= 0.3 is 0 Å². The first-order chi connectivity index (χ1) is 7.35. The second kappa shape index (κ2) is 5.16. The van der Waals surface area contributed by atoms with Crippen LogP contribution in [0.15, 0.2) is 0 Å². The van der Waals surface area contributed by atoms with Gasteiger partial charge in [0.25, 0.3) is 5.92 Å². The maximum absolute atomic E-state index is 12.8. The summed E-state index contributed by atoms with van der Waals surface area (Å²) in [5.41, 5.74) is 0.870. The molecule has 0 radical (unpaired) electrons. The van der Waals surface area contributed by atoms with E-state index in [-0.39, 0.29) is 6.04 Å². The highest BCUT2D eigenvalue weighted by molar-refractivity contribution is 7.11. The van der Waals surface area contributed by atoms with Gasteiger partial charge in [-0.05, 0) is 20.8 Å². The average molecular weight is 250 g/mol. The van der Waals surface area contributed by atoms with Crippen LogP contribution in [0, 0.1) is 13.8 Å². The smallest absolute Gasteiger partial charge is 0.282 e. The molecule has 0 aromatic carbocycles. The van der Waals surface area contributed by atoms with Crippen LogP contribution in [0.1, 0.15) is 28.5 Å². The second-order valence-electron chi connectivity index (χ2n) is 3.80. The molecule has 2 N–H and O–H groups in total. The summed E-state index contributed by atoms with van der Waals surface area (Å²) in [4.78, 5) is 5.20. The Morgan fingerprint density at radius 3 is 2.56 bits per heavy atom. The summed E-state index contributed by atoms with van der Waals surface area (Å²) in [5, 5.41) is 12.1. The van der Waals surface area contributed by atoms with Crippen molar-refractivity contribution in [2.45, 2.75) is 32.7 Å². The fraction of sp³-hybridized carbons (Fsp3) is 0.700. The highest BCUT2D eigenvalue weighted by atomic mass is 32.1. The Hall–Kier alpha value is -0.590. The molecule has 3 nitrogen and oxygen atoms in total. The minimum atomic E-state index is -3.07. The summed E-state index contributed by atoms with van der Waals surface area (Å²) >= 11 is 1.50. The maximum atomic E-state index is 12.8. The van der Waals surface area contributed by atoms with Crippen molar-refractivity contribution < 1.29 is 13.9 Å². The van der Waals surface area contributed by atoms with Crippen molar-refractivity contribution in [3.05, 3.63) is 15.6 Å². The zero-order chi connectivity index (χ0) is 12.3. The summed E-state index contributed by atoms with van der Waals surface area (Å²) < 4.78 is 25.6. The van der Waals surface area contributed by atoms with Crippen molar-refractivity contribution in [1.82, 2.24) is 10.3 Å². The lowest BCUT2D eigenvalue weighted by molar-refractivity contribution is -0.0490. The third kappa shape index (κ3) is 3.47. The molecular formula is C10H16F2N2OS. The van der Waals surface area contributed by atoms with Crippen LogP contribution < -0.4 is 5.32 Å². The van der Waals surface area contributed by atoms with Gasteiger partial charge in [0.15, 0.2) is 0 Å². The molecule has 1 aromatic rings. The van der Waals surface area contributed by atoms with E-state index in [1.165, 1.54) is 11.3 Å². The van der Waals surface area contributed by atoms with Crippen molar-refractivity contribution in [2.75, 3.05) is 13.2 Å². The lowest BCUT2D eigenvalue weighted by atomic mass is 10.2. The van der Waals surface area contributed by atoms with Gasteiger partial charge in [0.2, 0.25) is 0 Å². The molecule has 0 spiro atoms. The molecule has 1 rings (SSSR count). The Morgan fingerprint density at radius 2 is 2.12 bits per heavy atom. The van der Waals surface area contributed by atoms with Gasteiger partial charge in [0, 0.05) is 10.9 Å². The zero-order valence-corrected chi connectivity index (χ0v) is 10.4.